The minimum absolute atomic E-state index is 0. The number of thiol groups is 1. The molecule has 1 aliphatic heterocycles. The Morgan fingerprint density at radius 3 is 2.43 bits per heavy atom. The molecule has 2 aromatic rings. The standard InChI is InChI=1S/C19H23NOS.ClH/c1-20(2)13-12-19(22-14-5-6-15-22)21-18-11-7-9-16-8-3-4-10-17(16)18;/h3-11,14-15,19,22H,12-13H2,1-2H3;1H. The summed E-state index contributed by atoms with van der Waals surface area (Å²) in [7, 11) is 3.90. The van der Waals surface area contributed by atoms with Gasteiger partial charge in [0.25, 0.3) is 0 Å². The second-order valence-electron chi connectivity index (χ2n) is 5.77. The quantitative estimate of drug-likeness (QED) is 0.740. The average molecular weight is 350 g/mol. The van der Waals surface area contributed by atoms with E-state index in [1.54, 1.807) is 0 Å². The van der Waals surface area contributed by atoms with Crippen molar-refractivity contribution in [2.75, 3.05) is 20.6 Å². The Morgan fingerprint density at radius 2 is 1.70 bits per heavy atom. The Labute approximate surface area is 147 Å². The van der Waals surface area contributed by atoms with Gasteiger partial charge in [0.05, 0.1) is 0 Å². The van der Waals surface area contributed by atoms with E-state index < -0.39 is 0 Å². The Balaban J connectivity index is 0.00000192. The van der Waals surface area contributed by atoms with E-state index in [2.05, 4.69) is 84.4 Å². The molecule has 0 saturated heterocycles. The topological polar surface area (TPSA) is 12.5 Å². The van der Waals surface area contributed by atoms with E-state index in [-0.39, 0.29) is 28.7 Å². The van der Waals surface area contributed by atoms with Crippen molar-refractivity contribution in [1.29, 1.82) is 0 Å². The SMILES string of the molecule is CN(C)CCC(Oc1cccc2ccccc12)[SH]1C=CC=C1.Cl. The molecule has 124 valence electrons. The largest absolute Gasteiger partial charge is 0.480 e. The molecular formula is C19H24ClNOS. The van der Waals surface area contributed by atoms with Crippen molar-refractivity contribution >= 4 is 34.1 Å². The number of rotatable bonds is 6. The third-order valence-corrected chi connectivity index (χ3v) is 5.86. The van der Waals surface area contributed by atoms with Crippen LogP contribution in [0.3, 0.4) is 0 Å². The summed E-state index contributed by atoms with van der Waals surface area (Å²) in [6, 6.07) is 14.7. The van der Waals surface area contributed by atoms with E-state index in [0.29, 0.717) is 0 Å². The molecule has 1 heterocycles. The highest BCUT2D eigenvalue weighted by Crippen LogP contribution is 2.41. The summed E-state index contributed by atoms with van der Waals surface area (Å²) in [4.78, 5) is 2.22. The smallest absolute Gasteiger partial charge is 0.134 e. The van der Waals surface area contributed by atoms with E-state index in [9.17, 15) is 0 Å². The van der Waals surface area contributed by atoms with Gasteiger partial charge in [-0.05, 0) is 36.4 Å². The van der Waals surface area contributed by atoms with Crippen LogP contribution < -0.4 is 4.74 Å². The first-order chi connectivity index (χ1) is 10.7. The normalized spacial score (nSPS) is 15.9. The van der Waals surface area contributed by atoms with E-state index in [1.165, 1.54) is 10.8 Å². The van der Waals surface area contributed by atoms with Gasteiger partial charge in [-0.1, -0.05) is 48.6 Å². The lowest BCUT2D eigenvalue weighted by molar-refractivity contribution is 0.255. The van der Waals surface area contributed by atoms with Crippen LogP contribution in [0.1, 0.15) is 6.42 Å². The molecule has 0 N–H and O–H groups in total. The maximum atomic E-state index is 6.46. The van der Waals surface area contributed by atoms with Gasteiger partial charge in [-0.15, -0.1) is 12.4 Å². The molecule has 0 bridgehead atoms. The van der Waals surface area contributed by atoms with Crippen LogP contribution in [-0.2, 0) is 0 Å². The maximum Gasteiger partial charge on any atom is 0.134 e. The Kier molecular flexibility index (Phi) is 6.58. The van der Waals surface area contributed by atoms with Crippen molar-refractivity contribution in [3.8, 4) is 5.75 Å². The molecule has 3 rings (SSSR count). The lowest BCUT2D eigenvalue weighted by atomic mass is 10.1. The fraction of sp³-hybridized carbons (Fsp3) is 0.263. The molecule has 4 heteroatoms. The molecule has 0 fully saturated rings. The number of nitrogens with zero attached hydrogens (tertiary/aromatic N) is 1. The molecule has 1 unspecified atom stereocenters. The predicted octanol–water partition coefficient (Wildman–Crippen LogP) is 4.96. The molecule has 1 aliphatic rings. The summed E-state index contributed by atoms with van der Waals surface area (Å²) in [5, 5.41) is 7.01. The number of hydrogen-bond donors (Lipinski definition) is 1. The second kappa shape index (κ2) is 8.44. The highest BCUT2D eigenvalue weighted by molar-refractivity contribution is 8.22. The molecule has 0 aliphatic carbocycles. The first kappa shape index (κ1) is 17.9. The fourth-order valence-corrected chi connectivity index (χ4v) is 4.35. The zero-order chi connectivity index (χ0) is 15.4. The van der Waals surface area contributed by atoms with Crippen LogP contribution >= 0.6 is 23.3 Å². The highest BCUT2D eigenvalue weighted by Gasteiger charge is 2.18. The summed E-state index contributed by atoms with van der Waals surface area (Å²) in [6.45, 7) is 1.04. The zero-order valence-electron chi connectivity index (χ0n) is 13.6. The second-order valence-corrected chi connectivity index (χ2v) is 7.84. The predicted molar refractivity (Wildman–Crippen MR) is 106 cm³/mol. The van der Waals surface area contributed by atoms with Crippen molar-refractivity contribution in [3.63, 3.8) is 0 Å². The van der Waals surface area contributed by atoms with Crippen molar-refractivity contribution in [1.82, 2.24) is 4.90 Å². The van der Waals surface area contributed by atoms with Crippen molar-refractivity contribution in [3.05, 3.63) is 65.4 Å². The Bertz CT molecular complexity index is 681. The first-order valence-corrected chi connectivity index (χ1v) is 9.20. The van der Waals surface area contributed by atoms with Crippen LogP contribution in [0.2, 0.25) is 0 Å². The number of benzene rings is 2. The van der Waals surface area contributed by atoms with Gasteiger partial charge in [0.1, 0.15) is 11.2 Å². The summed E-state index contributed by atoms with van der Waals surface area (Å²) in [5.41, 5.74) is 0.234. The van der Waals surface area contributed by atoms with Crippen molar-refractivity contribution in [2.45, 2.75) is 11.9 Å². The molecular weight excluding hydrogens is 326 g/mol. The molecule has 0 aromatic heterocycles. The number of fused-ring (bicyclic) bond motifs is 1. The maximum absolute atomic E-state index is 6.46. The molecule has 0 spiro atoms. The Morgan fingerprint density at radius 1 is 1.00 bits per heavy atom. The minimum Gasteiger partial charge on any atom is -0.480 e. The molecule has 1 atom stereocenters. The van der Waals surface area contributed by atoms with Gasteiger partial charge in [-0.25, -0.2) is 0 Å². The number of ether oxygens (including phenoxy) is 1. The van der Waals surface area contributed by atoms with Gasteiger partial charge in [0.15, 0.2) is 0 Å². The van der Waals surface area contributed by atoms with E-state index in [4.69, 9.17) is 4.74 Å². The van der Waals surface area contributed by atoms with Gasteiger partial charge in [-0.2, -0.15) is 10.9 Å². The van der Waals surface area contributed by atoms with E-state index in [1.807, 2.05) is 0 Å². The van der Waals surface area contributed by atoms with Crippen molar-refractivity contribution in [2.24, 2.45) is 0 Å². The fourth-order valence-electron chi connectivity index (χ4n) is 2.62. The third-order valence-electron chi connectivity index (χ3n) is 3.80. The number of halogens is 1. The Hall–Kier alpha value is -1.42. The van der Waals surface area contributed by atoms with Gasteiger partial charge >= 0.3 is 0 Å². The average Bonchev–Trinajstić information content (AvgIpc) is 3.05. The first-order valence-electron chi connectivity index (χ1n) is 7.65. The van der Waals surface area contributed by atoms with Crippen molar-refractivity contribution < 1.29 is 4.74 Å². The molecule has 23 heavy (non-hydrogen) atoms. The highest BCUT2D eigenvalue weighted by atomic mass is 35.5. The number of allylic oxidation sites excluding steroid dienone is 2. The molecule has 0 radical (unpaired) electrons. The molecule has 0 saturated carbocycles. The summed E-state index contributed by atoms with van der Waals surface area (Å²) < 4.78 is 6.46. The summed E-state index contributed by atoms with van der Waals surface area (Å²) in [5.74, 6) is 0.998. The molecule has 0 amide bonds. The lowest BCUT2D eigenvalue weighted by Gasteiger charge is -2.27. The van der Waals surface area contributed by atoms with Crippen LogP contribution in [0.4, 0.5) is 0 Å². The van der Waals surface area contributed by atoms with E-state index in [0.717, 1.165) is 18.7 Å². The van der Waals surface area contributed by atoms with Crippen LogP contribution in [-0.4, -0.2) is 31.0 Å². The molecule has 2 aromatic carbocycles. The van der Waals surface area contributed by atoms with Crippen LogP contribution in [0.5, 0.6) is 5.75 Å². The van der Waals surface area contributed by atoms with Gasteiger partial charge in [-0.3, -0.25) is 0 Å². The summed E-state index contributed by atoms with van der Waals surface area (Å²) >= 11 is 0. The van der Waals surface area contributed by atoms with E-state index >= 15 is 0 Å². The van der Waals surface area contributed by atoms with Crippen LogP contribution in [0.15, 0.2) is 65.4 Å². The third kappa shape index (κ3) is 4.54. The van der Waals surface area contributed by atoms with Gasteiger partial charge in [0.2, 0.25) is 0 Å². The lowest BCUT2D eigenvalue weighted by Crippen LogP contribution is -2.23. The van der Waals surface area contributed by atoms with Crippen LogP contribution in [0, 0.1) is 0 Å². The summed E-state index contributed by atoms with van der Waals surface area (Å²) in [6.07, 6.45) is 5.32. The zero-order valence-corrected chi connectivity index (χ0v) is 15.3. The monoisotopic (exact) mass is 349 g/mol. The van der Waals surface area contributed by atoms with Crippen LogP contribution in [0.25, 0.3) is 10.8 Å². The number of hydrogen-bond acceptors (Lipinski definition) is 2. The molecule has 2 nitrogen and oxygen atoms in total. The van der Waals surface area contributed by atoms with Gasteiger partial charge in [0, 0.05) is 18.4 Å². The minimum atomic E-state index is -0.328. The van der Waals surface area contributed by atoms with Gasteiger partial charge < -0.3 is 9.64 Å².